The molecule has 5 nitrogen and oxygen atoms in total. The second kappa shape index (κ2) is 8.19. The van der Waals surface area contributed by atoms with Crippen molar-refractivity contribution in [1.82, 2.24) is 5.32 Å². The SMILES string of the molecule is COc1ccc(C(=O)NCC(OC)c2ccccc2)c(OC)c1. The van der Waals surface area contributed by atoms with E-state index in [4.69, 9.17) is 14.2 Å². The Morgan fingerprint density at radius 1 is 1.04 bits per heavy atom. The molecule has 2 aromatic carbocycles. The Kier molecular flexibility index (Phi) is 6.00. The van der Waals surface area contributed by atoms with E-state index in [1.807, 2.05) is 30.3 Å². The molecule has 1 atom stereocenters. The summed E-state index contributed by atoms with van der Waals surface area (Å²) in [6.45, 7) is 0.370. The second-order valence-corrected chi connectivity index (χ2v) is 4.91. The second-order valence-electron chi connectivity index (χ2n) is 4.91. The molecule has 0 fully saturated rings. The summed E-state index contributed by atoms with van der Waals surface area (Å²) in [5, 5.41) is 2.88. The summed E-state index contributed by atoms with van der Waals surface area (Å²) in [6.07, 6.45) is -0.204. The van der Waals surface area contributed by atoms with Crippen LogP contribution >= 0.6 is 0 Å². The predicted molar refractivity (Wildman–Crippen MR) is 88.1 cm³/mol. The number of hydrogen-bond acceptors (Lipinski definition) is 4. The molecule has 0 saturated carbocycles. The number of methoxy groups -OCH3 is 3. The summed E-state index contributed by atoms with van der Waals surface area (Å²) < 4.78 is 15.8. The maximum atomic E-state index is 12.4. The topological polar surface area (TPSA) is 56.8 Å². The summed E-state index contributed by atoms with van der Waals surface area (Å²) in [5.41, 5.74) is 1.47. The van der Waals surface area contributed by atoms with Crippen molar-refractivity contribution < 1.29 is 19.0 Å². The van der Waals surface area contributed by atoms with Gasteiger partial charge in [0.15, 0.2) is 0 Å². The Hall–Kier alpha value is -2.53. The van der Waals surface area contributed by atoms with E-state index in [0.717, 1.165) is 5.56 Å². The van der Waals surface area contributed by atoms with Crippen molar-refractivity contribution in [2.24, 2.45) is 0 Å². The standard InChI is InChI=1S/C18H21NO4/c1-21-14-9-10-15(16(11-14)22-2)18(20)19-12-17(23-3)13-7-5-4-6-8-13/h4-11,17H,12H2,1-3H3,(H,19,20). The van der Waals surface area contributed by atoms with Crippen molar-refractivity contribution in [3.05, 3.63) is 59.7 Å². The number of nitrogens with one attached hydrogen (secondary N) is 1. The number of benzene rings is 2. The molecule has 0 spiro atoms. The van der Waals surface area contributed by atoms with Gasteiger partial charge >= 0.3 is 0 Å². The van der Waals surface area contributed by atoms with Crippen LogP contribution in [-0.4, -0.2) is 33.8 Å². The van der Waals surface area contributed by atoms with Gasteiger partial charge in [-0.2, -0.15) is 0 Å². The van der Waals surface area contributed by atoms with Crippen LogP contribution in [-0.2, 0) is 4.74 Å². The maximum absolute atomic E-state index is 12.4. The molecule has 2 rings (SSSR count). The molecule has 1 N–H and O–H groups in total. The first-order valence-corrected chi connectivity index (χ1v) is 7.27. The highest BCUT2D eigenvalue weighted by molar-refractivity contribution is 5.97. The fourth-order valence-corrected chi connectivity index (χ4v) is 2.27. The van der Waals surface area contributed by atoms with E-state index < -0.39 is 0 Å². The molecule has 2 aromatic rings. The molecule has 0 aliphatic heterocycles. The largest absolute Gasteiger partial charge is 0.497 e. The lowest BCUT2D eigenvalue weighted by Crippen LogP contribution is -2.29. The van der Waals surface area contributed by atoms with E-state index in [0.29, 0.717) is 23.6 Å². The van der Waals surface area contributed by atoms with E-state index in [-0.39, 0.29) is 12.0 Å². The van der Waals surface area contributed by atoms with Crippen molar-refractivity contribution in [1.29, 1.82) is 0 Å². The number of carbonyl (C=O) groups is 1. The minimum atomic E-state index is -0.220. The minimum Gasteiger partial charge on any atom is -0.497 e. The van der Waals surface area contributed by atoms with Crippen molar-refractivity contribution in [2.75, 3.05) is 27.9 Å². The summed E-state index contributed by atoms with van der Waals surface area (Å²) in [4.78, 5) is 12.4. The van der Waals surface area contributed by atoms with Gasteiger partial charge in [0.1, 0.15) is 11.5 Å². The highest BCUT2D eigenvalue weighted by atomic mass is 16.5. The Balaban J connectivity index is 2.07. The van der Waals surface area contributed by atoms with Crippen LogP contribution in [0, 0.1) is 0 Å². The fourth-order valence-electron chi connectivity index (χ4n) is 2.27. The van der Waals surface area contributed by atoms with Gasteiger partial charge in [-0.15, -0.1) is 0 Å². The third kappa shape index (κ3) is 4.23. The molecule has 0 heterocycles. The van der Waals surface area contributed by atoms with Crippen LogP contribution in [0.1, 0.15) is 22.0 Å². The summed E-state index contributed by atoms with van der Waals surface area (Å²) >= 11 is 0. The molecule has 0 saturated heterocycles. The fraction of sp³-hybridized carbons (Fsp3) is 0.278. The van der Waals surface area contributed by atoms with Crippen LogP contribution in [0.5, 0.6) is 11.5 Å². The highest BCUT2D eigenvalue weighted by Crippen LogP contribution is 2.24. The Labute approximate surface area is 136 Å². The van der Waals surface area contributed by atoms with Crippen LogP contribution in [0.15, 0.2) is 48.5 Å². The van der Waals surface area contributed by atoms with Crippen LogP contribution < -0.4 is 14.8 Å². The lowest BCUT2D eigenvalue weighted by atomic mass is 10.1. The molecular weight excluding hydrogens is 294 g/mol. The number of amides is 1. The van der Waals surface area contributed by atoms with Gasteiger partial charge in [-0.05, 0) is 17.7 Å². The van der Waals surface area contributed by atoms with Gasteiger partial charge in [-0.1, -0.05) is 30.3 Å². The van der Waals surface area contributed by atoms with Crippen LogP contribution in [0.3, 0.4) is 0 Å². The van der Waals surface area contributed by atoms with Gasteiger partial charge in [-0.25, -0.2) is 0 Å². The van der Waals surface area contributed by atoms with Gasteiger partial charge < -0.3 is 19.5 Å². The lowest BCUT2D eigenvalue weighted by molar-refractivity contribution is 0.0825. The molecule has 0 aliphatic rings. The van der Waals surface area contributed by atoms with Gasteiger partial charge in [0.2, 0.25) is 0 Å². The van der Waals surface area contributed by atoms with E-state index in [1.54, 1.807) is 32.4 Å². The normalized spacial score (nSPS) is 11.6. The molecule has 0 bridgehead atoms. The average Bonchev–Trinajstić information content (AvgIpc) is 2.62. The maximum Gasteiger partial charge on any atom is 0.255 e. The minimum absolute atomic E-state index is 0.204. The van der Waals surface area contributed by atoms with Crippen molar-refractivity contribution >= 4 is 5.91 Å². The van der Waals surface area contributed by atoms with Crippen molar-refractivity contribution in [3.63, 3.8) is 0 Å². The van der Waals surface area contributed by atoms with E-state index in [9.17, 15) is 4.79 Å². The number of ether oxygens (including phenoxy) is 3. The molecular formula is C18H21NO4. The molecule has 23 heavy (non-hydrogen) atoms. The highest BCUT2D eigenvalue weighted by Gasteiger charge is 2.16. The van der Waals surface area contributed by atoms with E-state index in [1.165, 1.54) is 7.11 Å². The average molecular weight is 315 g/mol. The molecule has 5 heteroatoms. The van der Waals surface area contributed by atoms with E-state index >= 15 is 0 Å². The van der Waals surface area contributed by atoms with Crippen LogP contribution in [0.2, 0.25) is 0 Å². The summed E-state index contributed by atoms with van der Waals surface area (Å²) in [7, 11) is 4.71. The van der Waals surface area contributed by atoms with Crippen LogP contribution in [0.25, 0.3) is 0 Å². The van der Waals surface area contributed by atoms with Gasteiger partial charge in [0, 0.05) is 19.7 Å². The van der Waals surface area contributed by atoms with Gasteiger partial charge in [0.25, 0.3) is 5.91 Å². The lowest BCUT2D eigenvalue weighted by Gasteiger charge is -2.17. The van der Waals surface area contributed by atoms with Crippen LogP contribution in [0.4, 0.5) is 0 Å². The molecule has 0 aromatic heterocycles. The quantitative estimate of drug-likeness (QED) is 0.853. The third-order valence-corrected chi connectivity index (χ3v) is 3.56. The first kappa shape index (κ1) is 16.8. The first-order valence-electron chi connectivity index (χ1n) is 7.27. The van der Waals surface area contributed by atoms with E-state index in [2.05, 4.69) is 5.32 Å². The van der Waals surface area contributed by atoms with Gasteiger partial charge in [-0.3, -0.25) is 4.79 Å². The monoisotopic (exact) mass is 315 g/mol. The van der Waals surface area contributed by atoms with Crippen molar-refractivity contribution in [2.45, 2.75) is 6.10 Å². The zero-order chi connectivity index (χ0) is 16.7. The molecule has 0 aliphatic carbocycles. The summed E-state index contributed by atoms with van der Waals surface area (Å²) in [6, 6.07) is 14.8. The van der Waals surface area contributed by atoms with Gasteiger partial charge in [0.05, 0.1) is 25.9 Å². The Morgan fingerprint density at radius 2 is 1.78 bits per heavy atom. The third-order valence-electron chi connectivity index (χ3n) is 3.56. The zero-order valence-corrected chi connectivity index (χ0v) is 13.5. The molecule has 1 unspecified atom stereocenters. The number of carbonyl (C=O) groups excluding carboxylic acids is 1. The molecule has 122 valence electrons. The first-order chi connectivity index (χ1) is 11.2. The Morgan fingerprint density at radius 3 is 2.39 bits per heavy atom. The smallest absolute Gasteiger partial charge is 0.255 e. The van der Waals surface area contributed by atoms with Crippen molar-refractivity contribution in [3.8, 4) is 11.5 Å². The number of hydrogen-bond donors (Lipinski definition) is 1. The zero-order valence-electron chi connectivity index (χ0n) is 13.5. The number of rotatable bonds is 7. The Bertz CT molecular complexity index is 643. The predicted octanol–water partition coefficient (Wildman–Crippen LogP) is 2.82. The summed E-state index contributed by atoms with van der Waals surface area (Å²) in [5.74, 6) is 0.885. The molecule has 1 amide bonds. The molecule has 0 radical (unpaired) electrons.